The van der Waals surface area contributed by atoms with Crippen LogP contribution < -0.4 is 0 Å². The van der Waals surface area contributed by atoms with Crippen molar-refractivity contribution in [3.05, 3.63) is 60.8 Å². The summed E-state index contributed by atoms with van der Waals surface area (Å²) in [5.74, 6) is -0.574. The number of carbonyl (C=O) groups excluding carboxylic acids is 2. The zero-order chi connectivity index (χ0) is 50.6. The van der Waals surface area contributed by atoms with Crippen molar-refractivity contribution >= 4 is 11.9 Å². The summed E-state index contributed by atoms with van der Waals surface area (Å²) in [6.07, 6.45) is 82.2. The molecule has 0 radical (unpaired) electrons. The third-order valence-corrected chi connectivity index (χ3v) is 13.8. The number of rotatable bonds is 57. The fourth-order valence-corrected chi connectivity index (χ4v) is 9.23. The van der Waals surface area contributed by atoms with Gasteiger partial charge in [0, 0.05) is 12.8 Å². The molecular weight excluding hydrogens is 861 g/mol. The molecule has 0 aliphatic carbocycles. The van der Waals surface area contributed by atoms with Crippen LogP contribution in [0, 0.1) is 0 Å². The summed E-state index contributed by atoms with van der Waals surface area (Å²) in [5, 5.41) is 9.68. The van der Waals surface area contributed by atoms with Crippen molar-refractivity contribution in [3.63, 3.8) is 0 Å². The molecule has 408 valence electrons. The van der Waals surface area contributed by atoms with Gasteiger partial charge in [0.15, 0.2) is 6.10 Å². The minimum Gasteiger partial charge on any atom is -0.462 e. The van der Waals surface area contributed by atoms with Crippen LogP contribution in [0.15, 0.2) is 60.8 Å². The number of esters is 2. The van der Waals surface area contributed by atoms with Gasteiger partial charge >= 0.3 is 11.9 Å². The van der Waals surface area contributed by atoms with Gasteiger partial charge in [-0.05, 0) is 57.8 Å². The molecule has 0 saturated heterocycles. The maximum absolute atomic E-state index is 12.3. The fraction of sp³-hybridized carbons (Fsp3) is 0.815. The Labute approximate surface area is 436 Å². The molecule has 5 heteroatoms. The Bertz CT molecular complexity index is 1200. The van der Waals surface area contributed by atoms with E-state index in [1.54, 1.807) is 0 Å². The van der Waals surface area contributed by atoms with E-state index in [0.29, 0.717) is 12.8 Å². The molecule has 0 spiro atoms. The molecule has 1 unspecified atom stereocenters. The van der Waals surface area contributed by atoms with Crippen LogP contribution in [-0.4, -0.2) is 36.4 Å². The molecule has 0 fully saturated rings. The lowest BCUT2D eigenvalue weighted by Gasteiger charge is -2.15. The van der Waals surface area contributed by atoms with Crippen LogP contribution in [0.5, 0.6) is 0 Å². The van der Waals surface area contributed by atoms with Crippen molar-refractivity contribution in [1.29, 1.82) is 0 Å². The zero-order valence-electron chi connectivity index (χ0n) is 46.8. The summed E-state index contributed by atoms with van der Waals surface area (Å²) in [4.78, 5) is 24.6. The van der Waals surface area contributed by atoms with E-state index in [4.69, 9.17) is 9.47 Å². The smallest absolute Gasteiger partial charge is 0.306 e. The first-order valence-electron chi connectivity index (χ1n) is 30.8. The highest BCUT2D eigenvalue weighted by molar-refractivity contribution is 5.70. The van der Waals surface area contributed by atoms with Gasteiger partial charge in [-0.25, -0.2) is 0 Å². The maximum atomic E-state index is 12.3. The van der Waals surface area contributed by atoms with Crippen LogP contribution in [-0.2, 0) is 19.1 Å². The van der Waals surface area contributed by atoms with Gasteiger partial charge in [-0.3, -0.25) is 9.59 Å². The standard InChI is InChI=1S/C65H118O5/c1-3-5-7-9-11-13-15-17-19-21-23-25-27-29-30-31-32-33-34-36-38-40-42-44-46-48-50-52-54-56-58-60-65(68)70-63(61-66)62-69-64(67)59-57-55-53-51-49-47-45-43-41-39-37-35-28-26-24-22-20-18-16-14-12-10-8-6-4-2/h5,7,11,13,17,19,23,25,29-30,63,66H,3-4,6,8-10,12,14-16,18,20-22,24,26-28,31-62H2,1-2H3/b7-5-,13-11-,19-17-,25-23-,30-29-. The molecule has 1 N–H and O–H groups in total. The van der Waals surface area contributed by atoms with Gasteiger partial charge in [0.25, 0.3) is 0 Å². The number of aliphatic hydroxyl groups is 1. The Hall–Kier alpha value is -2.40. The summed E-state index contributed by atoms with van der Waals surface area (Å²) in [6.45, 7) is 4.07. The summed E-state index contributed by atoms with van der Waals surface area (Å²) < 4.78 is 10.7. The first-order valence-corrected chi connectivity index (χ1v) is 30.8. The lowest BCUT2D eigenvalue weighted by molar-refractivity contribution is -0.161. The summed E-state index contributed by atoms with van der Waals surface area (Å²) >= 11 is 0. The molecular formula is C65H118O5. The van der Waals surface area contributed by atoms with Gasteiger partial charge in [0.2, 0.25) is 0 Å². The Morgan fingerprint density at radius 1 is 0.343 bits per heavy atom. The van der Waals surface area contributed by atoms with Crippen LogP contribution in [0.2, 0.25) is 0 Å². The quantitative estimate of drug-likeness (QED) is 0.0373. The fourth-order valence-electron chi connectivity index (χ4n) is 9.23. The molecule has 70 heavy (non-hydrogen) atoms. The minimum absolute atomic E-state index is 0.0620. The largest absolute Gasteiger partial charge is 0.462 e. The van der Waals surface area contributed by atoms with Crippen molar-refractivity contribution in [3.8, 4) is 0 Å². The number of unbranched alkanes of at least 4 members (excludes halogenated alkanes) is 39. The number of carbonyl (C=O) groups is 2. The van der Waals surface area contributed by atoms with Crippen LogP contribution >= 0.6 is 0 Å². The second-order valence-electron chi connectivity index (χ2n) is 20.8. The van der Waals surface area contributed by atoms with Gasteiger partial charge < -0.3 is 14.6 Å². The van der Waals surface area contributed by atoms with Gasteiger partial charge in [-0.2, -0.15) is 0 Å². The summed E-state index contributed by atoms with van der Waals surface area (Å²) in [7, 11) is 0. The monoisotopic (exact) mass is 979 g/mol. The number of allylic oxidation sites excluding steroid dienone is 10. The average molecular weight is 980 g/mol. The molecule has 0 aromatic heterocycles. The second-order valence-corrected chi connectivity index (χ2v) is 20.8. The lowest BCUT2D eigenvalue weighted by Crippen LogP contribution is -2.28. The van der Waals surface area contributed by atoms with Crippen LogP contribution in [0.3, 0.4) is 0 Å². The van der Waals surface area contributed by atoms with Crippen LogP contribution in [0.1, 0.15) is 322 Å². The summed E-state index contributed by atoms with van der Waals surface area (Å²) in [6, 6.07) is 0. The second kappa shape index (κ2) is 60.9. The lowest BCUT2D eigenvalue weighted by atomic mass is 10.0. The van der Waals surface area contributed by atoms with Crippen LogP contribution in [0.25, 0.3) is 0 Å². The molecule has 0 amide bonds. The Morgan fingerprint density at radius 2 is 0.614 bits per heavy atom. The first-order chi connectivity index (χ1) is 34.6. The Kier molecular flexibility index (Phi) is 58.8. The highest BCUT2D eigenvalue weighted by Gasteiger charge is 2.16. The molecule has 0 heterocycles. The number of ether oxygens (including phenoxy) is 2. The molecule has 0 saturated carbocycles. The number of hydrogen-bond acceptors (Lipinski definition) is 5. The Balaban J connectivity index is 3.44. The molecule has 0 bridgehead atoms. The third-order valence-electron chi connectivity index (χ3n) is 13.8. The highest BCUT2D eigenvalue weighted by Crippen LogP contribution is 2.18. The predicted molar refractivity (Wildman–Crippen MR) is 307 cm³/mol. The third kappa shape index (κ3) is 58.2. The van der Waals surface area contributed by atoms with E-state index in [0.717, 1.165) is 64.2 Å². The topological polar surface area (TPSA) is 72.8 Å². The van der Waals surface area contributed by atoms with Gasteiger partial charge in [0.05, 0.1) is 6.61 Å². The highest BCUT2D eigenvalue weighted by atomic mass is 16.6. The molecule has 0 aliphatic heterocycles. The summed E-state index contributed by atoms with van der Waals surface area (Å²) in [5.41, 5.74) is 0. The SMILES string of the molecule is CC/C=C\C/C=C\C/C=C\C/C=C\C/C=C\CCCCCCCCCCCCCCCCCC(=O)OC(CO)COC(=O)CCCCCCCCCCCCCCCCCCCCCCCCCCC. The van der Waals surface area contributed by atoms with E-state index >= 15 is 0 Å². The predicted octanol–water partition coefficient (Wildman–Crippen LogP) is 21.0. The van der Waals surface area contributed by atoms with E-state index in [1.165, 1.54) is 231 Å². The van der Waals surface area contributed by atoms with Gasteiger partial charge in [-0.1, -0.05) is 312 Å². The van der Waals surface area contributed by atoms with E-state index in [9.17, 15) is 14.7 Å². The van der Waals surface area contributed by atoms with E-state index in [-0.39, 0.29) is 25.2 Å². The van der Waals surface area contributed by atoms with Crippen molar-refractivity contribution < 1.29 is 24.2 Å². The number of aliphatic hydroxyl groups excluding tert-OH is 1. The maximum Gasteiger partial charge on any atom is 0.306 e. The van der Waals surface area contributed by atoms with E-state index in [1.807, 2.05) is 0 Å². The van der Waals surface area contributed by atoms with Crippen molar-refractivity contribution in [2.75, 3.05) is 13.2 Å². The molecule has 0 rings (SSSR count). The van der Waals surface area contributed by atoms with E-state index in [2.05, 4.69) is 74.6 Å². The van der Waals surface area contributed by atoms with Crippen LogP contribution in [0.4, 0.5) is 0 Å². The molecule has 0 aromatic carbocycles. The molecule has 5 nitrogen and oxygen atoms in total. The minimum atomic E-state index is -0.772. The van der Waals surface area contributed by atoms with Crippen molar-refractivity contribution in [2.45, 2.75) is 328 Å². The van der Waals surface area contributed by atoms with Crippen molar-refractivity contribution in [1.82, 2.24) is 0 Å². The molecule has 0 aliphatic rings. The van der Waals surface area contributed by atoms with Crippen molar-refractivity contribution in [2.24, 2.45) is 0 Å². The zero-order valence-corrected chi connectivity index (χ0v) is 46.8. The average Bonchev–Trinajstić information content (AvgIpc) is 3.36. The Morgan fingerprint density at radius 3 is 0.929 bits per heavy atom. The van der Waals surface area contributed by atoms with Gasteiger partial charge in [0.1, 0.15) is 6.61 Å². The first kappa shape index (κ1) is 67.6. The normalized spacial score (nSPS) is 12.6. The molecule has 0 aromatic rings. The molecule has 1 atom stereocenters. The number of hydrogen-bond donors (Lipinski definition) is 1. The van der Waals surface area contributed by atoms with Gasteiger partial charge in [-0.15, -0.1) is 0 Å². The van der Waals surface area contributed by atoms with E-state index < -0.39 is 6.10 Å².